The van der Waals surface area contributed by atoms with Crippen LogP contribution < -0.4 is 21.3 Å². The van der Waals surface area contributed by atoms with Crippen LogP contribution in [-0.2, 0) is 37.3 Å². The number of benzene rings is 4. The van der Waals surface area contributed by atoms with E-state index >= 15 is 0 Å². The number of carbonyl (C=O) groups excluding carboxylic acids is 3. The molecule has 74 heavy (non-hydrogen) atoms. The van der Waals surface area contributed by atoms with Gasteiger partial charge in [0.05, 0.1) is 5.60 Å². The monoisotopic (exact) mass is 1020 g/mol. The first-order chi connectivity index (χ1) is 35.5. The van der Waals surface area contributed by atoms with Crippen LogP contribution in [0.25, 0.3) is 22.8 Å². The number of aryl methyl sites for hydroxylation is 2. The normalized spacial score (nSPS) is 16.9. The van der Waals surface area contributed by atoms with Crippen LogP contribution in [0, 0.1) is 23.5 Å². The van der Waals surface area contributed by atoms with Crippen molar-refractivity contribution in [2.24, 2.45) is 25.9 Å². The lowest BCUT2D eigenvalue weighted by molar-refractivity contribution is -0.133. The summed E-state index contributed by atoms with van der Waals surface area (Å²) in [6, 6.07) is 25.1. The predicted molar refractivity (Wildman–Crippen MR) is 279 cm³/mol. The average molecular weight is 1020 g/mol. The van der Waals surface area contributed by atoms with E-state index in [2.05, 4.69) is 64.1 Å². The van der Waals surface area contributed by atoms with Crippen molar-refractivity contribution in [3.8, 4) is 22.8 Å². The number of nitrogens with zero attached hydrogens (tertiary/aromatic N) is 10. The highest BCUT2D eigenvalue weighted by Gasteiger charge is 2.26. The first-order valence-corrected chi connectivity index (χ1v) is 25.6. The molecule has 4 atom stereocenters. The van der Waals surface area contributed by atoms with E-state index in [1.165, 1.54) is 36.2 Å². The maximum Gasteiger partial charge on any atom is 0.319 e. The largest absolute Gasteiger partial charge is 0.386 e. The summed E-state index contributed by atoms with van der Waals surface area (Å²) in [6.45, 7) is 11.7. The highest BCUT2D eigenvalue weighted by atomic mass is 19.1. The number of hydrogen-bond donors (Lipinski definition) is 5. The number of anilines is 2. The van der Waals surface area contributed by atoms with Crippen LogP contribution in [0.4, 0.5) is 29.7 Å². The number of likely N-dealkylation sites (tertiary alicyclic amines) is 2. The second kappa shape index (κ2) is 25.7. The number of aliphatic hydroxyl groups is 1. The number of amides is 5. The molecule has 5 amide bonds. The van der Waals surface area contributed by atoms with E-state index in [1.807, 2.05) is 42.2 Å². The van der Waals surface area contributed by atoms with Crippen LogP contribution in [0.15, 0.2) is 91.0 Å². The van der Waals surface area contributed by atoms with Gasteiger partial charge in [-0.15, -0.1) is 10.2 Å². The van der Waals surface area contributed by atoms with Crippen molar-refractivity contribution >= 4 is 29.3 Å². The first kappa shape index (κ1) is 54.6. The van der Waals surface area contributed by atoms with E-state index in [-0.39, 0.29) is 48.1 Å². The summed E-state index contributed by atoms with van der Waals surface area (Å²) in [5.41, 5.74) is 4.43. The Bertz CT molecular complexity index is 2780. The first-order valence-electron chi connectivity index (χ1n) is 25.6. The third-order valence-corrected chi connectivity index (χ3v) is 13.6. The zero-order chi connectivity index (χ0) is 52.8. The molecule has 0 radical (unpaired) electrons. The molecule has 2 aromatic heterocycles. The number of carbonyl (C=O) groups is 3. The molecule has 18 nitrogen and oxygen atoms in total. The number of urea groups is 2. The summed E-state index contributed by atoms with van der Waals surface area (Å²) in [6.07, 6.45) is 8.00. The van der Waals surface area contributed by atoms with E-state index in [1.54, 1.807) is 73.7 Å². The standard InChI is InChI=1S/C29H40FN7O2.C25H30FN7O2/c1-5-25(12-14-37-13-6-7-21(19-37)15-20-8-10-24(30)11-9-20)31-28(38)32-26-17-22(27-33-34-35-36(27)4)16-23(18-26)29(2,3)39;1-17(27-25(35)28-22-7-3-6-20(15-22)24-29-30-31-32(24)2)13-23(34)33-12-4-5-19(16-33)14-18-8-10-21(26)11-9-18/h8-11,16-18,21,25,39H,5-7,12-15,19H2,1-4H3,(H2,31,32,38);3,6-11,15,17,19H,4-5,12-14,16H2,1-2H3,(H2,27,28,35)/t21-,25+;17-,19-/m00/s1. The number of rotatable bonds is 17. The summed E-state index contributed by atoms with van der Waals surface area (Å²) < 4.78 is 29.5. The van der Waals surface area contributed by atoms with Gasteiger partial charge in [-0.2, -0.15) is 0 Å². The highest BCUT2D eigenvalue weighted by molar-refractivity contribution is 5.91. The van der Waals surface area contributed by atoms with Crippen molar-refractivity contribution in [1.82, 2.24) is 60.8 Å². The van der Waals surface area contributed by atoms with Crippen LogP contribution in [0.5, 0.6) is 0 Å². The molecule has 2 aliphatic rings. The molecule has 2 fully saturated rings. The van der Waals surface area contributed by atoms with E-state index < -0.39 is 5.60 Å². The Morgan fingerprint density at radius 2 is 1.30 bits per heavy atom. The van der Waals surface area contributed by atoms with Gasteiger partial charge in [0, 0.05) is 81.3 Å². The summed E-state index contributed by atoms with van der Waals surface area (Å²) in [5.74, 6) is 1.62. The molecule has 6 aromatic rings. The molecule has 4 aromatic carbocycles. The average Bonchev–Trinajstić information content (AvgIpc) is 4.01. The van der Waals surface area contributed by atoms with Crippen molar-refractivity contribution in [3.05, 3.63) is 119 Å². The number of nitrogens with one attached hydrogen (secondary N) is 4. The zero-order valence-corrected chi connectivity index (χ0v) is 43.3. The van der Waals surface area contributed by atoms with Crippen LogP contribution in [-0.4, -0.2) is 118 Å². The Morgan fingerprint density at radius 3 is 1.89 bits per heavy atom. The minimum Gasteiger partial charge on any atom is -0.386 e. The second-order valence-corrected chi connectivity index (χ2v) is 20.2. The minimum atomic E-state index is -1.11. The van der Waals surface area contributed by atoms with Crippen LogP contribution in [0.2, 0.25) is 0 Å². The summed E-state index contributed by atoms with van der Waals surface area (Å²) in [7, 11) is 3.49. The van der Waals surface area contributed by atoms with Gasteiger partial charge < -0.3 is 36.2 Å². The zero-order valence-electron chi connectivity index (χ0n) is 43.3. The minimum absolute atomic E-state index is 0.0263. The lowest BCUT2D eigenvalue weighted by atomic mass is 9.91. The Balaban J connectivity index is 0.000000217. The van der Waals surface area contributed by atoms with Crippen molar-refractivity contribution in [2.75, 3.05) is 43.4 Å². The van der Waals surface area contributed by atoms with Gasteiger partial charge in [-0.1, -0.05) is 43.3 Å². The van der Waals surface area contributed by atoms with Crippen LogP contribution in [0.1, 0.15) is 89.3 Å². The molecule has 0 bridgehead atoms. The maximum atomic E-state index is 13.2. The molecular formula is C54H70F2N14O4. The third kappa shape index (κ3) is 16.2. The lowest BCUT2D eigenvalue weighted by Gasteiger charge is -2.33. The molecule has 2 saturated heterocycles. The van der Waals surface area contributed by atoms with Gasteiger partial charge in [-0.25, -0.2) is 27.7 Å². The fourth-order valence-electron chi connectivity index (χ4n) is 9.66. The van der Waals surface area contributed by atoms with Gasteiger partial charge in [0.15, 0.2) is 11.6 Å². The number of piperidine rings is 2. The predicted octanol–water partition coefficient (Wildman–Crippen LogP) is 7.89. The molecule has 20 heteroatoms. The lowest BCUT2D eigenvalue weighted by Crippen LogP contribution is -2.44. The molecular weight excluding hydrogens is 947 g/mol. The molecule has 394 valence electrons. The smallest absolute Gasteiger partial charge is 0.319 e. The van der Waals surface area contributed by atoms with Crippen molar-refractivity contribution in [1.29, 1.82) is 0 Å². The molecule has 0 aliphatic carbocycles. The quantitative estimate of drug-likeness (QED) is 0.0593. The topological polar surface area (TPSA) is 213 Å². The Morgan fingerprint density at radius 1 is 0.730 bits per heavy atom. The Labute approximate surface area is 431 Å². The number of halogens is 2. The summed E-state index contributed by atoms with van der Waals surface area (Å²) in [4.78, 5) is 42.7. The van der Waals surface area contributed by atoms with E-state index in [0.717, 1.165) is 82.3 Å². The third-order valence-electron chi connectivity index (χ3n) is 13.6. The summed E-state index contributed by atoms with van der Waals surface area (Å²) in [5, 5.41) is 45.4. The summed E-state index contributed by atoms with van der Waals surface area (Å²) >= 11 is 0. The highest BCUT2D eigenvalue weighted by Crippen LogP contribution is 2.30. The van der Waals surface area contributed by atoms with Crippen molar-refractivity contribution in [2.45, 2.75) is 103 Å². The number of aromatic nitrogens is 8. The van der Waals surface area contributed by atoms with Gasteiger partial charge in [-0.3, -0.25) is 4.79 Å². The maximum absolute atomic E-state index is 13.2. The van der Waals surface area contributed by atoms with Crippen molar-refractivity contribution < 1.29 is 28.3 Å². The fourth-order valence-corrected chi connectivity index (χ4v) is 9.66. The van der Waals surface area contributed by atoms with Gasteiger partial charge in [0.25, 0.3) is 0 Å². The molecule has 5 N–H and O–H groups in total. The van der Waals surface area contributed by atoms with E-state index in [4.69, 9.17) is 0 Å². The molecule has 0 unspecified atom stereocenters. The van der Waals surface area contributed by atoms with E-state index in [9.17, 15) is 28.3 Å². The van der Waals surface area contributed by atoms with Crippen molar-refractivity contribution in [3.63, 3.8) is 0 Å². The fraction of sp³-hybridized carbons (Fsp3) is 0.463. The molecule has 8 rings (SSSR count). The molecule has 0 saturated carbocycles. The van der Waals surface area contributed by atoms with Crippen LogP contribution in [0.3, 0.4) is 0 Å². The second-order valence-electron chi connectivity index (χ2n) is 20.2. The molecule has 2 aliphatic heterocycles. The van der Waals surface area contributed by atoms with Gasteiger partial charge >= 0.3 is 12.1 Å². The number of hydrogen-bond acceptors (Lipinski definition) is 11. The number of tetrazole rings is 2. The van der Waals surface area contributed by atoms with Gasteiger partial charge in [-0.05, 0) is 183 Å². The Kier molecular flexibility index (Phi) is 18.9. The van der Waals surface area contributed by atoms with E-state index in [0.29, 0.717) is 52.5 Å². The van der Waals surface area contributed by atoms with Crippen LogP contribution >= 0.6 is 0 Å². The van der Waals surface area contributed by atoms with Gasteiger partial charge in [0.2, 0.25) is 5.91 Å². The molecule has 0 spiro atoms. The van der Waals surface area contributed by atoms with Gasteiger partial charge in [0.1, 0.15) is 11.6 Å². The molecule has 4 heterocycles. The SMILES string of the molecule is CC[C@H](CCN1CCC[C@@H](Cc2ccc(F)cc2)C1)NC(=O)Nc1cc(-c2nnnn2C)cc(C(C)(C)O)c1.C[C@@H](CC(=O)N1CCC[C@@H](Cc2ccc(F)cc2)C1)NC(=O)Nc1cccc(-c2nnnn2C)c1. The Hall–Kier alpha value is -7.19.